The molecule has 4 rings (SSSR count). The Hall–Kier alpha value is -2.93. The Bertz CT molecular complexity index is 1460. The molecule has 2 aromatic heterocycles. The number of thiazole rings is 1. The highest BCUT2D eigenvalue weighted by Crippen LogP contribution is 2.29. The number of thioether (sulfide) groups is 1. The lowest BCUT2D eigenvalue weighted by Crippen LogP contribution is -2.21. The minimum Gasteiger partial charge on any atom is -0.494 e. The van der Waals surface area contributed by atoms with Crippen LogP contribution >= 0.6 is 35.3 Å². The number of ether oxygens (including phenoxy) is 1. The summed E-state index contributed by atoms with van der Waals surface area (Å²) in [5.74, 6) is 0.893. The van der Waals surface area contributed by atoms with Gasteiger partial charge in [0.05, 0.1) is 29.8 Å². The monoisotopic (exact) mass is 480 g/mol. The molecule has 0 atom stereocenters. The Kier molecular flexibility index (Phi) is 6.46. The molecule has 6 nitrogen and oxygen atoms in total. The van der Waals surface area contributed by atoms with E-state index >= 15 is 0 Å². The number of nitrogens with zero attached hydrogens (tertiary/aromatic N) is 4. The fourth-order valence-electron chi connectivity index (χ4n) is 3.48. The van der Waals surface area contributed by atoms with Crippen molar-refractivity contribution < 1.29 is 4.74 Å². The maximum absolute atomic E-state index is 13.6. The number of rotatable bonds is 6. The van der Waals surface area contributed by atoms with Crippen LogP contribution in [0.15, 0.2) is 52.4 Å². The molecule has 0 saturated carbocycles. The minimum atomic E-state index is -0.209. The summed E-state index contributed by atoms with van der Waals surface area (Å²) >= 11 is 8.11. The molecule has 2 aromatic carbocycles. The minimum absolute atomic E-state index is 0.170. The first-order valence-electron chi connectivity index (χ1n) is 9.93. The van der Waals surface area contributed by atoms with Crippen molar-refractivity contribution in [1.29, 1.82) is 5.26 Å². The molecule has 4 aromatic rings. The number of fused-ring (bicyclic) bond motifs is 1. The van der Waals surface area contributed by atoms with E-state index in [0.717, 1.165) is 22.6 Å². The third-order valence-electron chi connectivity index (χ3n) is 4.84. The molecule has 0 unspecified atom stereocenters. The van der Waals surface area contributed by atoms with E-state index in [1.54, 1.807) is 0 Å². The highest BCUT2D eigenvalue weighted by molar-refractivity contribution is 7.99. The first-order chi connectivity index (χ1) is 15.4. The smallest absolute Gasteiger partial charge is 0.278 e. The summed E-state index contributed by atoms with van der Waals surface area (Å²) in [4.78, 5) is 18.4. The lowest BCUT2D eigenvalue weighted by Gasteiger charge is -2.13. The van der Waals surface area contributed by atoms with Crippen molar-refractivity contribution in [2.45, 2.75) is 25.9 Å². The van der Waals surface area contributed by atoms with Crippen molar-refractivity contribution in [3.8, 4) is 23.2 Å². The summed E-state index contributed by atoms with van der Waals surface area (Å²) in [6.45, 7) is 6.53. The predicted octanol–water partition coefficient (Wildman–Crippen LogP) is 5.60. The fourth-order valence-corrected chi connectivity index (χ4v) is 5.44. The number of hydrogen-bond donors (Lipinski definition) is 0. The predicted molar refractivity (Wildman–Crippen MR) is 132 cm³/mol. The van der Waals surface area contributed by atoms with Gasteiger partial charge in [-0.1, -0.05) is 40.8 Å². The van der Waals surface area contributed by atoms with Crippen LogP contribution in [0.4, 0.5) is 0 Å². The highest BCUT2D eigenvalue weighted by Gasteiger charge is 2.19. The van der Waals surface area contributed by atoms with Gasteiger partial charge in [0.25, 0.3) is 5.56 Å². The van der Waals surface area contributed by atoms with Crippen LogP contribution in [0, 0.1) is 29.1 Å². The molecule has 32 heavy (non-hydrogen) atoms. The van der Waals surface area contributed by atoms with Gasteiger partial charge < -0.3 is 4.74 Å². The quantitative estimate of drug-likeness (QED) is 0.203. The van der Waals surface area contributed by atoms with E-state index in [0.29, 0.717) is 31.8 Å². The average Bonchev–Trinajstić information content (AvgIpc) is 3.10. The van der Waals surface area contributed by atoms with Gasteiger partial charge in [0.1, 0.15) is 10.4 Å². The van der Waals surface area contributed by atoms with E-state index in [4.69, 9.17) is 27.2 Å². The molecule has 2 heterocycles. The number of benzene rings is 2. The van der Waals surface area contributed by atoms with E-state index in [2.05, 4.69) is 12.1 Å². The Labute approximate surface area is 198 Å². The van der Waals surface area contributed by atoms with Crippen LogP contribution in [-0.2, 0) is 0 Å². The van der Waals surface area contributed by atoms with Crippen molar-refractivity contribution in [2.24, 2.45) is 0 Å². The summed E-state index contributed by atoms with van der Waals surface area (Å²) in [5.41, 5.74) is 4.05. The molecule has 9 heteroatoms. The second-order valence-electron chi connectivity index (χ2n) is 7.05. The SMILES string of the molecule is CCOc1ccc(-n2c(SCC#N)nc3c(sc(=S)n3-c3ccc(C)cc3C)c2=O)cc1. The van der Waals surface area contributed by atoms with Crippen LogP contribution in [0.5, 0.6) is 5.75 Å². The van der Waals surface area contributed by atoms with Gasteiger partial charge in [0.2, 0.25) is 0 Å². The summed E-state index contributed by atoms with van der Waals surface area (Å²) in [5, 5.41) is 9.59. The maximum atomic E-state index is 13.6. The molecule has 0 fully saturated rings. The summed E-state index contributed by atoms with van der Waals surface area (Å²) < 4.78 is 9.93. The number of nitriles is 1. The molecule has 0 aliphatic carbocycles. The van der Waals surface area contributed by atoms with Gasteiger partial charge in [-0.3, -0.25) is 13.9 Å². The van der Waals surface area contributed by atoms with E-state index in [1.807, 2.05) is 61.7 Å². The lowest BCUT2D eigenvalue weighted by molar-refractivity contribution is 0.340. The van der Waals surface area contributed by atoms with Crippen molar-refractivity contribution in [3.63, 3.8) is 0 Å². The van der Waals surface area contributed by atoms with Gasteiger partial charge in [-0.05, 0) is 68.9 Å². The largest absolute Gasteiger partial charge is 0.494 e. The lowest BCUT2D eigenvalue weighted by atomic mass is 10.1. The normalized spacial score (nSPS) is 10.9. The molecule has 0 N–H and O–H groups in total. The molecule has 0 amide bonds. The van der Waals surface area contributed by atoms with Crippen LogP contribution in [-0.4, -0.2) is 26.5 Å². The third-order valence-corrected chi connectivity index (χ3v) is 7.00. The first kappa shape index (κ1) is 22.3. The number of hydrogen-bond acceptors (Lipinski definition) is 7. The molecule has 0 saturated heterocycles. The number of aromatic nitrogens is 3. The summed E-state index contributed by atoms with van der Waals surface area (Å²) in [6, 6.07) is 15.5. The zero-order chi connectivity index (χ0) is 22.8. The fraction of sp³-hybridized carbons (Fsp3) is 0.217. The van der Waals surface area contributed by atoms with Crippen LogP contribution in [0.25, 0.3) is 21.7 Å². The molecule has 162 valence electrons. The van der Waals surface area contributed by atoms with Crippen LogP contribution in [0.2, 0.25) is 0 Å². The average molecular weight is 481 g/mol. The summed E-state index contributed by atoms with van der Waals surface area (Å²) in [6.07, 6.45) is 0. The van der Waals surface area contributed by atoms with E-state index in [9.17, 15) is 4.79 Å². The molecule has 0 bridgehead atoms. The Morgan fingerprint density at radius 1 is 1.19 bits per heavy atom. The second-order valence-corrected chi connectivity index (χ2v) is 9.64. The van der Waals surface area contributed by atoms with Crippen LogP contribution < -0.4 is 10.3 Å². The van der Waals surface area contributed by atoms with Crippen molar-refractivity contribution >= 4 is 45.7 Å². The molecule has 0 radical (unpaired) electrons. The third kappa shape index (κ3) is 4.09. The van der Waals surface area contributed by atoms with Gasteiger partial charge in [0, 0.05) is 0 Å². The number of aryl methyl sites for hydroxylation is 2. The van der Waals surface area contributed by atoms with Gasteiger partial charge in [-0.2, -0.15) is 5.26 Å². The standard InChI is InChI=1S/C23H20N4O2S3/c1-4-29-17-8-6-16(7-9-17)26-21(28)19-20(25-22(26)31-12-11-24)27(23(30)32-19)18-10-5-14(2)13-15(18)3/h5-10,13H,4,12H2,1-3H3. The Balaban J connectivity index is 1.98. The zero-order valence-electron chi connectivity index (χ0n) is 17.8. The molecular formula is C23H20N4O2S3. The van der Waals surface area contributed by atoms with Gasteiger partial charge >= 0.3 is 0 Å². The Morgan fingerprint density at radius 2 is 1.94 bits per heavy atom. The second kappa shape index (κ2) is 9.28. The van der Waals surface area contributed by atoms with E-state index < -0.39 is 0 Å². The molecular weight excluding hydrogens is 460 g/mol. The molecule has 0 aliphatic rings. The van der Waals surface area contributed by atoms with Crippen molar-refractivity contribution in [2.75, 3.05) is 12.4 Å². The Morgan fingerprint density at radius 3 is 2.59 bits per heavy atom. The van der Waals surface area contributed by atoms with Crippen molar-refractivity contribution in [1.82, 2.24) is 14.1 Å². The van der Waals surface area contributed by atoms with Gasteiger partial charge in [0.15, 0.2) is 14.8 Å². The van der Waals surface area contributed by atoms with Crippen molar-refractivity contribution in [3.05, 3.63) is 67.9 Å². The highest BCUT2D eigenvalue weighted by atomic mass is 32.2. The summed E-state index contributed by atoms with van der Waals surface area (Å²) in [7, 11) is 0. The first-order valence-corrected chi connectivity index (χ1v) is 12.1. The van der Waals surface area contributed by atoms with Gasteiger partial charge in [-0.15, -0.1) is 0 Å². The van der Waals surface area contributed by atoms with Gasteiger partial charge in [-0.25, -0.2) is 4.98 Å². The molecule has 0 aliphatic heterocycles. The van der Waals surface area contributed by atoms with Crippen LogP contribution in [0.1, 0.15) is 18.1 Å². The topological polar surface area (TPSA) is 72.8 Å². The van der Waals surface area contributed by atoms with E-state index in [1.165, 1.54) is 27.7 Å². The van der Waals surface area contributed by atoms with E-state index in [-0.39, 0.29) is 11.3 Å². The molecule has 0 spiro atoms. The zero-order valence-corrected chi connectivity index (χ0v) is 20.2. The van der Waals surface area contributed by atoms with Crippen LogP contribution in [0.3, 0.4) is 0 Å². The maximum Gasteiger partial charge on any atom is 0.278 e.